The van der Waals surface area contributed by atoms with E-state index in [2.05, 4.69) is 30.5 Å². The van der Waals surface area contributed by atoms with E-state index in [1.807, 2.05) is 0 Å². The van der Waals surface area contributed by atoms with Gasteiger partial charge >= 0.3 is 0 Å². The second-order valence-electron chi connectivity index (χ2n) is 7.92. The summed E-state index contributed by atoms with van der Waals surface area (Å²) in [5.74, 6) is -1.43. The molecule has 42 heavy (non-hydrogen) atoms. The second kappa shape index (κ2) is 11.1. The van der Waals surface area contributed by atoms with Gasteiger partial charge in [-0.15, -0.1) is 10.2 Å². The van der Waals surface area contributed by atoms with Crippen LogP contribution in [0.5, 0.6) is 11.5 Å². The van der Waals surface area contributed by atoms with Gasteiger partial charge in [0.25, 0.3) is 30.4 Å². The maximum Gasteiger partial charge on any atom is 0.296 e. The number of phenols is 1. The van der Waals surface area contributed by atoms with Crippen molar-refractivity contribution in [3.8, 4) is 11.5 Å². The summed E-state index contributed by atoms with van der Waals surface area (Å²) in [5, 5.41) is 19.4. The lowest BCUT2D eigenvalue weighted by molar-refractivity contribution is 0.412. The zero-order chi connectivity index (χ0) is 31.2. The highest BCUT2D eigenvalue weighted by molar-refractivity contribution is 7.86. The quantitative estimate of drug-likeness (QED) is 0.130. The highest BCUT2D eigenvalue weighted by atomic mass is 35.5. The molecule has 0 unspecified atom stereocenters. The van der Waals surface area contributed by atoms with Crippen molar-refractivity contribution >= 4 is 87.3 Å². The van der Waals surface area contributed by atoms with Crippen molar-refractivity contribution in [2.24, 2.45) is 10.2 Å². The topological polar surface area (TPSA) is 268 Å². The Morgan fingerprint density at radius 1 is 0.810 bits per heavy atom. The van der Waals surface area contributed by atoms with Crippen LogP contribution in [0.1, 0.15) is 0 Å². The highest BCUT2D eigenvalue weighted by Crippen LogP contribution is 2.46. The van der Waals surface area contributed by atoms with Gasteiger partial charge in [0.05, 0.1) is 17.7 Å². The molecule has 0 radical (unpaired) electrons. The molecule has 22 heteroatoms. The Morgan fingerprint density at radius 3 is 1.98 bits per heavy atom. The van der Waals surface area contributed by atoms with E-state index in [1.54, 1.807) is 0 Å². The summed E-state index contributed by atoms with van der Waals surface area (Å²) in [6.45, 7) is 0. The molecule has 0 saturated heterocycles. The third-order valence-corrected chi connectivity index (χ3v) is 8.15. The maximum absolute atomic E-state index is 12.3. The van der Waals surface area contributed by atoms with Gasteiger partial charge in [0.15, 0.2) is 5.75 Å². The molecule has 4 rings (SSSR count). The van der Waals surface area contributed by atoms with Gasteiger partial charge < -0.3 is 15.2 Å². The Hall–Kier alpha value is -3.76. The van der Waals surface area contributed by atoms with E-state index in [4.69, 9.17) is 27.9 Å². The lowest BCUT2D eigenvalue weighted by atomic mass is 10.1. The average molecular weight is 681 g/mol. The number of nitrogens with zero attached hydrogens (tertiary/aromatic N) is 5. The Labute approximate surface area is 246 Å². The summed E-state index contributed by atoms with van der Waals surface area (Å²) in [6, 6.07) is 5.41. The summed E-state index contributed by atoms with van der Waals surface area (Å²) in [5.41, 5.74) is -1.86. The summed E-state index contributed by atoms with van der Waals surface area (Å²) in [4.78, 5) is 8.33. The molecular formula is C20H14Cl2N6O11S3. The molecule has 0 aliphatic rings. The minimum atomic E-state index is -5.23. The van der Waals surface area contributed by atoms with E-state index in [9.17, 15) is 44.0 Å². The van der Waals surface area contributed by atoms with E-state index in [1.165, 1.54) is 13.2 Å². The highest BCUT2D eigenvalue weighted by Gasteiger charge is 2.26. The Bertz CT molecular complexity index is 2110. The first-order valence-electron chi connectivity index (χ1n) is 10.6. The number of rotatable bonds is 8. The molecule has 5 N–H and O–H groups in total. The van der Waals surface area contributed by atoms with Crippen LogP contribution in [0.25, 0.3) is 10.8 Å². The molecule has 1 aromatic heterocycles. The van der Waals surface area contributed by atoms with Crippen LogP contribution >= 0.6 is 23.2 Å². The molecule has 17 nitrogen and oxygen atoms in total. The number of phenolic OH excluding ortho intramolecular Hbond substituents is 1. The standard InChI is InChI=1S/C20H14Cl2N6O11S3/c1-39-9-2-3-11(13(6-9)41(33,34)35)27-28-16-14(42(36,37)38)5-8-4-10(40(30,31)32)7-12(15(8)17(16)29)23-20-25-18(21)24-19(22)26-20/h2-7,29H,1H3,(H,30,31,32)(H,33,34,35)(H,36,37,38)(H,23,24,25,26). The number of azo groups is 1. The van der Waals surface area contributed by atoms with Crippen LogP contribution in [-0.2, 0) is 30.4 Å². The van der Waals surface area contributed by atoms with Crippen LogP contribution in [0.4, 0.5) is 23.0 Å². The molecular weight excluding hydrogens is 667 g/mol. The first-order chi connectivity index (χ1) is 19.4. The number of anilines is 2. The largest absolute Gasteiger partial charge is 0.505 e. The molecule has 0 aliphatic heterocycles. The second-order valence-corrected chi connectivity index (χ2v) is 12.8. The molecule has 0 atom stereocenters. The van der Waals surface area contributed by atoms with Crippen LogP contribution < -0.4 is 10.1 Å². The third-order valence-electron chi connectivity index (χ3n) is 5.23. The van der Waals surface area contributed by atoms with Crippen LogP contribution in [0.15, 0.2) is 61.3 Å². The lowest BCUT2D eigenvalue weighted by Gasteiger charge is -2.15. The zero-order valence-electron chi connectivity index (χ0n) is 20.3. The van der Waals surface area contributed by atoms with Crippen molar-refractivity contribution in [1.82, 2.24) is 15.0 Å². The molecule has 0 fully saturated rings. The number of ether oxygens (including phenoxy) is 1. The molecule has 3 aromatic carbocycles. The van der Waals surface area contributed by atoms with Gasteiger partial charge in [-0.2, -0.15) is 40.2 Å². The molecule has 1 heterocycles. The summed E-state index contributed by atoms with van der Waals surface area (Å²) in [6.07, 6.45) is 0. The Balaban J connectivity index is 2.05. The average Bonchev–Trinajstić information content (AvgIpc) is 2.85. The van der Waals surface area contributed by atoms with E-state index >= 15 is 0 Å². The van der Waals surface area contributed by atoms with Crippen molar-refractivity contribution in [3.05, 3.63) is 47.0 Å². The molecule has 0 spiro atoms. The molecule has 0 bridgehead atoms. The minimum Gasteiger partial charge on any atom is -0.505 e. The minimum absolute atomic E-state index is 0.00218. The van der Waals surface area contributed by atoms with Gasteiger partial charge in [-0.25, -0.2) is 0 Å². The number of fused-ring (bicyclic) bond motifs is 1. The van der Waals surface area contributed by atoms with E-state index in [0.717, 1.165) is 24.3 Å². The summed E-state index contributed by atoms with van der Waals surface area (Å²) < 4.78 is 106. The summed E-state index contributed by atoms with van der Waals surface area (Å²) >= 11 is 11.5. The SMILES string of the molecule is COc1ccc(N=Nc2c(S(=O)(=O)O)cc3cc(S(=O)(=O)O)cc(Nc4nc(Cl)nc(Cl)n4)c3c2O)c(S(=O)(=O)O)c1. The number of halogens is 2. The Morgan fingerprint density at radius 2 is 1.43 bits per heavy atom. The van der Waals surface area contributed by atoms with Gasteiger partial charge in [0, 0.05) is 11.5 Å². The monoisotopic (exact) mass is 680 g/mol. The number of nitrogens with one attached hydrogen (secondary N) is 1. The normalized spacial score (nSPS) is 12.6. The third kappa shape index (κ3) is 6.65. The number of aromatic nitrogens is 3. The lowest BCUT2D eigenvalue weighted by Crippen LogP contribution is -2.05. The van der Waals surface area contributed by atoms with Crippen molar-refractivity contribution in [1.29, 1.82) is 0 Å². The number of methoxy groups -OCH3 is 1. The van der Waals surface area contributed by atoms with Gasteiger partial charge in [-0.05, 0) is 58.9 Å². The van der Waals surface area contributed by atoms with Gasteiger partial charge in [-0.1, -0.05) is 0 Å². The number of benzene rings is 3. The summed E-state index contributed by atoms with van der Waals surface area (Å²) in [7, 11) is -13.9. The number of hydrogen-bond acceptors (Lipinski definition) is 14. The predicted molar refractivity (Wildman–Crippen MR) is 145 cm³/mol. The molecule has 4 aromatic rings. The fraction of sp³-hybridized carbons (Fsp3) is 0.0500. The van der Waals surface area contributed by atoms with E-state index in [0.29, 0.717) is 6.07 Å². The van der Waals surface area contributed by atoms with Crippen LogP contribution in [0.2, 0.25) is 10.6 Å². The molecule has 0 amide bonds. The van der Waals surface area contributed by atoms with E-state index < -0.39 is 72.7 Å². The number of hydrogen-bond donors (Lipinski definition) is 5. The predicted octanol–water partition coefficient (Wildman–Crippen LogP) is 3.94. The Kier molecular flexibility index (Phi) is 8.28. The fourth-order valence-electron chi connectivity index (χ4n) is 3.52. The van der Waals surface area contributed by atoms with Crippen molar-refractivity contribution in [3.63, 3.8) is 0 Å². The first kappa shape index (κ1) is 31.2. The zero-order valence-corrected chi connectivity index (χ0v) is 24.3. The molecule has 0 saturated carbocycles. The van der Waals surface area contributed by atoms with Gasteiger partial charge in [0.1, 0.15) is 26.9 Å². The van der Waals surface area contributed by atoms with Crippen molar-refractivity contribution in [2.75, 3.05) is 12.4 Å². The van der Waals surface area contributed by atoms with Crippen LogP contribution in [0.3, 0.4) is 0 Å². The smallest absolute Gasteiger partial charge is 0.296 e. The maximum atomic E-state index is 12.3. The number of aromatic hydroxyl groups is 1. The van der Waals surface area contributed by atoms with Gasteiger partial charge in [-0.3, -0.25) is 13.7 Å². The fourth-order valence-corrected chi connectivity index (χ4v) is 5.72. The van der Waals surface area contributed by atoms with Crippen LogP contribution in [-0.4, -0.2) is 66.1 Å². The molecule has 0 aliphatic carbocycles. The molecule has 222 valence electrons. The van der Waals surface area contributed by atoms with Crippen molar-refractivity contribution < 1.29 is 48.8 Å². The van der Waals surface area contributed by atoms with Gasteiger partial charge in [0.2, 0.25) is 16.5 Å². The van der Waals surface area contributed by atoms with Crippen LogP contribution in [0, 0.1) is 0 Å². The van der Waals surface area contributed by atoms with Crippen molar-refractivity contribution in [2.45, 2.75) is 14.7 Å². The van der Waals surface area contributed by atoms with E-state index in [-0.39, 0.29) is 28.2 Å². The first-order valence-corrected chi connectivity index (χ1v) is 15.7.